The molecule has 2 aromatic rings. The second kappa shape index (κ2) is 6.06. The van der Waals surface area contributed by atoms with Crippen LogP contribution in [0.15, 0.2) is 24.3 Å². The number of ether oxygens (including phenoxy) is 4. The highest BCUT2D eigenvalue weighted by Gasteiger charge is 2.36. The third-order valence-electron chi connectivity index (χ3n) is 5.31. The molecular formula is C20H23NO4. The Bertz CT molecular complexity index is 818. The molecule has 2 aliphatic heterocycles. The summed E-state index contributed by atoms with van der Waals surface area (Å²) in [6, 6.07) is 8.77. The van der Waals surface area contributed by atoms with Gasteiger partial charge >= 0.3 is 0 Å². The van der Waals surface area contributed by atoms with Crippen molar-refractivity contribution in [3.63, 3.8) is 0 Å². The van der Waals surface area contributed by atoms with Crippen LogP contribution in [0.1, 0.15) is 22.7 Å². The fourth-order valence-corrected chi connectivity index (χ4v) is 4.09. The Balaban J connectivity index is 1.78. The normalized spacial score (nSPS) is 17.4. The largest absolute Gasteiger partial charge is 0.493 e. The summed E-state index contributed by atoms with van der Waals surface area (Å²) >= 11 is 0. The summed E-state index contributed by atoms with van der Waals surface area (Å²) < 4.78 is 21.9. The number of methoxy groups -OCH3 is 4. The van der Waals surface area contributed by atoms with Crippen LogP contribution in [0.5, 0.6) is 23.0 Å². The fraction of sp³-hybridized carbons (Fsp3) is 0.400. The number of hydrogen-bond acceptors (Lipinski definition) is 5. The minimum Gasteiger partial charge on any atom is -0.493 e. The molecule has 0 N–H and O–H groups in total. The summed E-state index contributed by atoms with van der Waals surface area (Å²) in [4.78, 5) is 2.46. The van der Waals surface area contributed by atoms with Gasteiger partial charge in [-0.3, -0.25) is 0 Å². The molecule has 2 aliphatic rings. The molecule has 2 heterocycles. The van der Waals surface area contributed by atoms with Gasteiger partial charge in [-0.2, -0.15) is 0 Å². The zero-order valence-electron chi connectivity index (χ0n) is 15.1. The Kier molecular flexibility index (Phi) is 3.86. The Morgan fingerprint density at radius 1 is 0.760 bits per heavy atom. The van der Waals surface area contributed by atoms with Crippen molar-refractivity contribution in [1.82, 2.24) is 0 Å². The second-order valence-electron chi connectivity index (χ2n) is 6.41. The van der Waals surface area contributed by atoms with E-state index in [-0.39, 0.29) is 0 Å². The van der Waals surface area contributed by atoms with Crippen molar-refractivity contribution in [2.75, 3.05) is 39.9 Å². The highest BCUT2D eigenvalue weighted by molar-refractivity contribution is 5.69. The predicted molar refractivity (Wildman–Crippen MR) is 96.6 cm³/mol. The van der Waals surface area contributed by atoms with Crippen molar-refractivity contribution >= 4 is 5.69 Å². The zero-order chi connectivity index (χ0) is 17.6. The molecule has 0 saturated carbocycles. The number of benzene rings is 2. The molecule has 0 spiro atoms. The van der Waals surface area contributed by atoms with E-state index in [1.807, 2.05) is 0 Å². The summed E-state index contributed by atoms with van der Waals surface area (Å²) in [6.45, 7) is 0.982. The van der Waals surface area contributed by atoms with Gasteiger partial charge in [-0.25, -0.2) is 0 Å². The summed E-state index contributed by atoms with van der Waals surface area (Å²) in [7, 11) is 6.73. The van der Waals surface area contributed by atoms with Crippen LogP contribution in [0, 0.1) is 0 Å². The average molecular weight is 341 g/mol. The third-order valence-corrected chi connectivity index (χ3v) is 5.31. The maximum Gasteiger partial charge on any atom is 0.162 e. The summed E-state index contributed by atoms with van der Waals surface area (Å²) in [5.41, 5.74) is 5.19. The summed E-state index contributed by atoms with van der Waals surface area (Å²) in [5.74, 6) is 3.15. The zero-order valence-corrected chi connectivity index (χ0v) is 15.1. The van der Waals surface area contributed by atoms with Crippen molar-refractivity contribution < 1.29 is 18.9 Å². The summed E-state index contributed by atoms with van der Waals surface area (Å²) in [6.07, 6.45) is 1.94. The number of fused-ring (bicyclic) bond motifs is 5. The molecule has 0 fully saturated rings. The van der Waals surface area contributed by atoms with Crippen LogP contribution < -0.4 is 23.8 Å². The second-order valence-corrected chi connectivity index (χ2v) is 6.41. The van der Waals surface area contributed by atoms with Crippen LogP contribution >= 0.6 is 0 Å². The molecule has 0 bridgehead atoms. The molecule has 5 nitrogen and oxygen atoms in total. The number of nitrogens with zero attached hydrogens (tertiary/aromatic N) is 1. The highest BCUT2D eigenvalue weighted by Crippen LogP contribution is 2.49. The van der Waals surface area contributed by atoms with Crippen molar-refractivity contribution in [1.29, 1.82) is 0 Å². The maximum atomic E-state index is 5.52. The van der Waals surface area contributed by atoms with Gasteiger partial charge in [0.15, 0.2) is 23.0 Å². The number of anilines is 1. The van der Waals surface area contributed by atoms with E-state index in [9.17, 15) is 0 Å². The van der Waals surface area contributed by atoms with E-state index in [4.69, 9.17) is 18.9 Å². The predicted octanol–water partition coefficient (Wildman–Crippen LogP) is 3.38. The SMILES string of the molecule is COc1cc2c(cc1OC)[C@H]1Cc3cc(OC)c(OC)cc3N1CC2. The van der Waals surface area contributed by atoms with Crippen molar-refractivity contribution in [3.8, 4) is 23.0 Å². The van der Waals surface area contributed by atoms with Crippen LogP contribution in [0.3, 0.4) is 0 Å². The molecule has 0 unspecified atom stereocenters. The van der Waals surface area contributed by atoms with Gasteiger partial charge in [-0.15, -0.1) is 0 Å². The Labute approximate surface area is 148 Å². The van der Waals surface area contributed by atoms with Gasteiger partial charge in [0.2, 0.25) is 0 Å². The molecule has 2 aromatic carbocycles. The van der Waals surface area contributed by atoms with Gasteiger partial charge in [-0.1, -0.05) is 0 Å². The quantitative estimate of drug-likeness (QED) is 0.853. The summed E-state index contributed by atoms with van der Waals surface area (Å²) in [5, 5.41) is 0. The van der Waals surface area contributed by atoms with Crippen LogP contribution in [-0.4, -0.2) is 35.0 Å². The first-order valence-electron chi connectivity index (χ1n) is 8.46. The Morgan fingerprint density at radius 2 is 1.32 bits per heavy atom. The molecule has 132 valence electrons. The van der Waals surface area contributed by atoms with E-state index in [0.29, 0.717) is 6.04 Å². The molecule has 1 atom stereocenters. The van der Waals surface area contributed by atoms with Crippen LogP contribution in [0.2, 0.25) is 0 Å². The standard InChI is InChI=1S/C20H23NO4/c1-22-17-8-12-5-6-21-15-11-20(25-4)18(23-2)9-13(15)7-16(21)14(12)10-19(17)24-3/h8-11,16H,5-7H2,1-4H3/t16-/m1/s1. The van der Waals surface area contributed by atoms with Crippen LogP contribution in [0.4, 0.5) is 5.69 Å². The lowest BCUT2D eigenvalue weighted by molar-refractivity contribution is 0.353. The first kappa shape index (κ1) is 15.9. The van der Waals surface area contributed by atoms with Crippen molar-refractivity contribution in [2.45, 2.75) is 18.9 Å². The monoisotopic (exact) mass is 341 g/mol. The van der Waals surface area contributed by atoms with Crippen LogP contribution in [-0.2, 0) is 12.8 Å². The minimum atomic E-state index is 0.315. The molecule has 0 saturated heterocycles. The third kappa shape index (κ3) is 2.37. The fourth-order valence-electron chi connectivity index (χ4n) is 4.09. The maximum absolute atomic E-state index is 5.52. The van der Waals surface area contributed by atoms with E-state index >= 15 is 0 Å². The first-order chi connectivity index (χ1) is 12.2. The van der Waals surface area contributed by atoms with E-state index in [2.05, 4.69) is 29.2 Å². The average Bonchev–Trinajstić information content (AvgIpc) is 3.03. The molecular weight excluding hydrogens is 318 g/mol. The van der Waals surface area contributed by atoms with E-state index in [0.717, 1.165) is 42.4 Å². The minimum absolute atomic E-state index is 0.315. The molecule has 0 amide bonds. The molecule has 0 aromatic heterocycles. The molecule has 25 heavy (non-hydrogen) atoms. The smallest absolute Gasteiger partial charge is 0.162 e. The molecule has 4 rings (SSSR count). The highest BCUT2D eigenvalue weighted by atomic mass is 16.5. The van der Waals surface area contributed by atoms with Crippen molar-refractivity contribution in [2.24, 2.45) is 0 Å². The van der Waals surface area contributed by atoms with E-state index < -0.39 is 0 Å². The van der Waals surface area contributed by atoms with Gasteiger partial charge in [0.1, 0.15) is 0 Å². The number of rotatable bonds is 4. The lowest BCUT2D eigenvalue weighted by Gasteiger charge is -2.34. The van der Waals surface area contributed by atoms with Gasteiger partial charge < -0.3 is 23.8 Å². The van der Waals surface area contributed by atoms with Crippen LogP contribution in [0.25, 0.3) is 0 Å². The Morgan fingerprint density at radius 3 is 1.96 bits per heavy atom. The molecule has 5 heteroatoms. The molecule has 0 radical (unpaired) electrons. The Hall–Kier alpha value is -2.56. The van der Waals surface area contributed by atoms with Crippen molar-refractivity contribution in [3.05, 3.63) is 41.0 Å². The van der Waals surface area contributed by atoms with Gasteiger partial charge in [0.05, 0.1) is 34.5 Å². The van der Waals surface area contributed by atoms with Gasteiger partial charge in [-0.05, 0) is 47.7 Å². The first-order valence-corrected chi connectivity index (χ1v) is 8.46. The van der Waals surface area contributed by atoms with Gasteiger partial charge in [0.25, 0.3) is 0 Å². The van der Waals surface area contributed by atoms with Gasteiger partial charge in [0, 0.05) is 18.3 Å². The van der Waals surface area contributed by atoms with E-state index in [1.165, 1.54) is 22.4 Å². The lowest BCUT2D eigenvalue weighted by Crippen LogP contribution is -2.32. The molecule has 0 aliphatic carbocycles. The topological polar surface area (TPSA) is 40.2 Å². The number of hydrogen-bond donors (Lipinski definition) is 0. The van der Waals surface area contributed by atoms with E-state index in [1.54, 1.807) is 28.4 Å². The lowest BCUT2D eigenvalue weighted by atomic mass is 9.91.